The summed E-state index contributed by atoms with van der Waals surface area (Å²) in [7, 11) is 3.38. The van der Waals surface area contributed by atoms with Crippen LogP contribution in [0.25, 0.3) is 0 Å². The van der Waals surface area contributed by atoms with E-state index in [1.165, 1.54) is 0 Å². The smallest absolute Gasteiger partial charge is 0.164 e. The minimum atomic E-state index is 0.117. The molecule has 0 fully saturated rings. The number of ketones is 1. The van der Waals surface area contributed by atoms with Gasteiger partial charge in [-0.3, -0.25) is 4.79 Å². The van der Waals surface area contributed by atoms with Crippen LogP contribution < -0.4 is 0 Å². The maximum Gasteiger partial charge on any atom is 0.164 e. The van der Waals surface area contributed by atoms with Gasteiger partial charge in [0.25, 0.3) is 0 Å². The van der Waals surface area contributed by atoms with Crippen LogP contribution in [-0.2, 0) is 9.47 Å². The Morgan fingerprint density at radius 2 is 1.90 bits per heavy atom. The topological polar surface area (TPSA) is 38.8 Å². The number of benzene rings is 1. The van der Waals surface area contributed by atoms with Crippen LogP contribution in [0.1, 0.15) is 23.2 Å². The largest absolute Gasteiger partial charge is 0.385 e. The van der Waals surface area contributed by atoms with E-state index in [0.29, 0.717) is 23.6 Å². The van der Waals surface area contributed by atoms with Crippen molar-refractivity contribution >= 4 is 17.4 Å². The summed E-state index contributed by atoms with van der Waals surface area (Å²) in [6.07, 6.45) is 1.43. The Morgan fingerprint density at radius 3 is 2.57 bits per heavy atom. The van der Waals surface area contributed by atoms with Crippen LogP contribution >= 0.6 is 11.6 Å². The van der Waals surface area contributed by atoms with E-state index in [-0.39, 0.29) is 5.78 Å². The summed E-state index contributed by atoms with van der Waals surface area (Å²) in [5, 5.41) is 0.595. The Bertz CT molecular complexity index is 426. The molecule has 4 nitrogen and oxygen atoms in total. The summed E-state index contributed by atoms with van der Waals surface area (Å²) in [4.78, 5) is 14.4. The molecule has 0 radical (unpaired) electrons. The van der Waals surface area contributed by atoms with Crippen molar-refractivity contribution in [1.29, 1.82) is 0 Å². The molecule has 0 N–H and O–H groups in total. The standard InChI is InChI=1S/C16H24ClNO3/c1-20-11-4-8-18(10-12-21-2)9-7-16(19)14-5-3-6-15(17)13-14/h3,5-6,13H,4,7-12H2,1-2H3. The van der Waals surface area contributed by atoms with Crippen LogP contribution in [0.4, 0.5) is 0 Å². The molecule has 0 heterocycles. The van der Waals surface area contributed by atoms with Gasteiger partial charge in [-0.15, -0.1) is 0 Å². The number of ether oxygens (including phenoxy) is 2. The molecule has 0 bridgehead atoms. The molecular formula is C16H24ClNO3. The van der Waals surface area contributed by atoms with Crippen molar-refractivity contribution in [2.75, 3.05) is 47.1 Å². The summed E-state index contributed by atoms with van der Waals surface area (Å²) >= 11 is 5.91. The van der Waals surface area contributed by atoms with Crippen molar-refractivity contribution in [3.63, 3.8) is 0 Å². The van der Waals surface area contributed by atoms with Crippen molar-refractivity contribution in [3.05, 3.63) is 34.9 Å². The predicted molar refractivity (Wildman–Crippen MR) is 85.2 cm³/mol. The van der Waals surface area contributed by atoms with Crippen molar-refractivity contribution in [2.45, 2.75) is 12.8 Å². The van der Waals surface area contributed by atoms with Gasteiger partial charge in [0.15, 0.2) is 5.78 Å². The van der Waals surface area contributed by atoms with Crippen molar-refractivity contribution in [3.8, 4) is 0 Å². The van der Waals surface area contributed by atoms with Crippen LogP contribution in [0.15, 0.2) is 24.3 Å². The fourth-order valence-electron chi connectivity index (χ4n) is 2.05. The SMILES string of the molecule is COCCCN(CCOC)CCC(=O)c1cccc(Cl)c1. The van der Waals surface area contributed by atoms with Crippen molar-refractivity contribution in [2.24, 2.45) is 0 Å². The molecule has 0 aliphatic carbocycles. The van der Waals surface area contributed by atoms with Gasteiger partial charge in [0.2, 0.25) is 0 Å². The molecule has 1 rings (SSSR count). The number of halogens is 1. The molecule has 0 aromatic heterocycles. The first kappa shape index (κ1) is 18.1. The minimum absolute atomic E-state index is 0.117. The number of hydrogen-bond donors (Lipinski definition) is 0. The number of Topliss-reactive ketones (excluding diaryl/α,β-unsaturated/α-hetero) is 1. The average Bonchev–Trinajstić information content (AvgIpc) is 2.49. The van der Waals surface area contributed by atoms with Gasteiger partial charge >= 0.3 is 0 Å². The minimum Gasteiger partial charge on any atom is -0.385 e. The molecule has 0 saturated carbocycles. The Balaban J connectivity index is 2.44. The van der Waals surface area contributed by atoms with E-state index in [4.69, 9.17) is 21.1 Å². The monoisotopic (exact) mass is 313 g/mol. The quantitative estimate of drug-likeness (QED) is 0.465. The van der Waals surface area contributed by atoms with Crippen molar-refractivity contribution < 1.29 is 14.3 Å². The van der Waals surface area contributed by atoms with Gasteiger partial charge in [-0.2, -0.15) is 0 Å². The third-order valence-corrected chi connectivity index (χ3v) is 3.47. The summed E-state index contributed by atoms with van der Waals surface area (Å²) in [6, 6.07) is 7.09. The van der Waals surface area contributed by atoms with E-state index >= 15 is 0 Å². The highest BCUT2D eigenvalue weighted by atomic mass is 35.5. The Kier molecular flexibility index (Phi) is 9.26. The second kappa shape index (κ2) is 10.7. The lowest BCUT2D eigenvalue weighted by Gasteiger charge is -2.21. The van der Waals surface area contributed by atoms with Gasteiger partial charge in [-0.25, -0.2) is 0 Å². The number of carbonyl (C=O) groups is 1. The second-order valence-corrected chi connectivity index (χ2v) is 5.30. The highest BCUT2D eigenvalue weighted by molar-refractivity contribution is 6.31. The van der Waals surface area contributed by atoms with Gasteiger partial charge in [0.1, 0.15) is 0 Å². The van der Waals surface area contributed by atoms with Crippen molar-refractivity contribution in [1.82, 2.24) is 4.90 Å². The van der Waals surface area contributed by atoms with E-state index in [1.807, 2.05) is 0 Å². The van der Waals surface area contributed by atoms with Gasteiger partial charge in [0, 0.05) is 57.5 Å². The third kappa shape index (κ3) is 7.58. The van der Waals surface area contributed by atoms with Crippen LogP contribution in [0.3, 0.4) is 0 Å². The van der Waals surface area contributed by atoms with Crippen LogP contribution in [0, 0.1) is 0 Å². The third-order valence-electron chi connectivity index (χ3n) is 3.24. The Labute approximate surface area is 132 Å². The number of carbonyl (C=O) groups excluding carboxylic acids is 1. The molecule has 0 atom stereocenters. The zero-order valence-electron chi connectivity index (χ0n) is 12.8. The number of methoxy groups -OCH3 is 2. The van der Waals surface area contributed by atoms with Crippen LogP contribution in [-0.4, -0.2) is 57.8 Å². The first-order valence-electron chi connectivity index (χ1n) is 7.16. The van der Waals surface area contributed by atoms with E-state index < -0.39 is 0 Å². The lowest BCUT2D eigenvalue weighted by Crippen LogP contribution is -2.31. The normalized spacial score (nSPS) is 11.0. The Morgan fingerprint density at radius 1 is 1.14 bits per heavy atom. The first-order chi connectivity index (χ1) is 10.2. The summed E-state index contributed by atoms with van der Waals surface area (Å²) in [5.74, 6) is 0.117. The number of hydrogen-bond acceptors (Lipinski definition) is 4. The molecule has 0 aliphatic heterocycles. The molecule has 5 heteroatoms. The fourth-order valence-corrected chi connectivity index (χ4v) is 2.24. The molecule has 118 valence electrons. The van der Waals surface area contributed by atoms with E-state index in [0.717, 1.165) is 32.7 Å². The van der Waals surface area contributed by atoms with Gasteiger partial charge in [0.05, 0.1) is 6.61 Å². The molecular weight excluding hydrogens is 290 g/mol. The molecule has 21 heavy (non-hydrogen) atoms. The molecule has 1 aromatic carbocycles. The van der Waals surface area contributed by atoms with Gasteiger partial charge in [-0.1, -0.05) is 23.7 Å². The van der Waals surface area contributed by atoms with Gasteiger partial charge < -0.3 is 14.4 Å². The fraction of sp³-hybridized carbons (Fsp3) is 0.562. The lowest BCUT2D eigenvalue weighted by molar-refractivity contribution is 0.0940. The maximum atomic E-state index is 12.2. The zero-order chi connectivity index (χ0) is 15.5. The lowest BCUT2D eigenvalue weighted by atomic mass is 10.1. The summed E-state index contributed by atoms with van der Waals surface area (Å²) in [5.41, 5.74) is 0.672. The number of nitrogens with zero attached hydrogens (tertiary/aromatic N) is 1. The first-order valence-corrected chi connectivity index (χ1v) is 7.54. The highest BCUT2D eigenvalue weighted by Crippen LogP contribution is 2.12. The van der Waals surface area contributed by atoms with E-state index in [2.05, 4.69) is 4.90 Å². The van der Waals surface area contributed by atoms with Crippen LogP contribution in [0.2, 0.25) is 5.02 Å². The highest BCUT2D eigenvalue weighted by Gasteiger charge is 2.10. The molecule has 0 aliphatic rings. The molecule has 0 spiro atoms. The van der Waals surface area contributed by atoms with E-state index in [1.54, 1.807) is 38.5 Å². The molecule has 1 aromatic rings. The van der Waals surface area contributed by atoms with Gasteiger partial charge in [-0.05, 0) is 18.6 Å². The summed E-state index contributed by atoms with van der Waals surface area (Å²) in [6.45, 7) is 3.84. The average molecular weight is 314 g/mol. The Hall–Kier alpha value is -0.940. The predicted octanol–water partition coefficient (Wildman–Crippen LogP) is 2.90. The zero-order valence-corrected chi connectivity index (χ0v) is 13.6. The molecule has 0 unspecified atom stereocenters. The molecule has 0 amide bonds. The number of rotatable bonds is 11. The summed E-state index contributed by atoms with van der Waals surface area (Å²) < 4.78 is 10.2. The van der Waals surface area contributed by atoms with Crippen LogP contribution in [0.5, 0.6) is 0 Å². The molecule has 0 saturated heterocycles. The maximum absolute atomic E-state index is 12.2. The second-order valence-electron chi connectivity index (χ2n) is 4.86. The van der Waals surface area contributed by atoms with E-state index in [9.17, 15) is 4.79 Å².